The third-order valence-corrected chi connectivity index (χ3v) is 6.21. The first-order chi connectivity index (χ1) is 15.2. The second-order valence-electron chi connectivity index (χ2n) is 8.76. The largest absolute Gasteiger partial charge is 0.474 e. The Kier molecular flexibility index (Phi) is 7.22. The summed E-state index contributed by atoms with van der Waals surface area (Å²) < 4.78 is 5.88. The number of carbonyl (C=O) groups excluding carboxylic acids is 1. The Morgan fingerprint density at radius 3 is 2.19 bits per heavy atom. The van der Waals surface area contributed by atoms with Crippen molar-refractivity contribution < 1.29 is 9.53 Å². The van der Waals surface area contributed by atoms with Crippen molar-refractivity contribution >= 4 is 11.8 Å². The Labute approximate surface area is 184 Å². The molecule has 0 aromatic carbocycles. The van der Waals surface area contributed by atoms with Gasteiger partial charge in [-0.2, -0.15) is 0 Å². The quantitative estimate of drug-likeness (QED) is 0.703. The normalized spacial score (nSPS) is 17.5. The molecule has 3 heterocycles. The van der Waals surface area contributed by atoms with E-state index >= 15 is 0 Å². The number of amides is 2. The average molecular weight is 424 g/mol. The fourth-order valence-electron chi connectivity index (χ4n) is 4.14. The van der Waals surface area contributed by atoms with Gasteiger partial charge in [-0.15, -0.1) is 0 Å². The maximum absolute atomic E-state index is 12.1. The van der Waals surface area contributed by atoms with E-state index in [0.717, 1.165) is 48.8 Å². The zero-order valence-corrected chi connectivity index (χ0v) is 18.3. The summed E-state index contributed by atoms with van der Waals surface area (Å²) in [5.41, 5.74) is 1.93. The highest BCUT2D eigenvalue weighted by molar-refractivity contribution is 5.73. The molecule has 7 heteroatoms. The molecule has 2 amide bonds. The fourth-order valence-corrected chi connectivity index (χ4v) is 4.14. The molecule has 0 atom stereocenters. The van der Waals surface area contributed by atoms with Crippen LogP contribution >= 0.6 is 0 Å². The van der Waals surface area contributed by atoms with Crippen LogP contribution in [0.1, 0.15) is 56.6 Å². The van der Waals surface area contributed by atoms with Gasteiger partial charge in [-0.1, -0.05) is 19.1 Å². The van der Waals surface area contributed by atoms with Crippen molar-refractivity contribution in [3.8, 4) is 5.88 Å². The van der Waals surface area contributed by atoms with E-state index in [1.165, 1.54) is 25.7 Å². The Hall–Kier alpha value is -2.83. The van der Waals surface area contributed by atoms with Crippen molar-refractivity contribution in [1.29, 1.82) is 0 Å². The minimum atomic E-state index is -0.208. The molecule has 0 radical (unpaired) electrons. The van der Waals surface area contributed by atoms with Crippen LogP contribution in [0.25, 0.3) is 0 Å². The predicted molar refractivity (Wildman–Crippen MR) is 121 cm³/mol. The molecule has 1 aliphatic carbocycles. The maximum atomic E-state index is 12.1. The lowest BCUT2D eigenvalue weighted by molar-refractivity contribution is 0.201. The number of ether oxygens (including phenoxy) is 1. The number of urea groups is 1. The van der Waals surface area contributed by atoms with E-state index in [9.17, 15) is 4.79 Å². The van der Waals surface area contributed by atoms with Crippen LogP contribution in [0, 0.1) is 5.92 Å². The third-order valence-electron chi connectivity index (χ3n) is 6.21. The van der Waals surface area contributed by atoms with Crippen molar-refractivity contribution in [1.82, 2.24) is 20.6 Å². The van der Waals surface area contributed by atoms with Crippen LogP contribution in [0.3, 0.4) is 0 Å². The molecule has 1 saturated carbocycles. The number of pyridine rings is 2. The second-order valence-corrected chi connectivity index (χ2v) is 8.76. The highest BCUT2D eigenvalue weighted by Gasteiger charge is 2.17. The second kappa shape index (κ2) is 10.5. The van der Waals surface area contributed by atoms with Gasteiger partial charge in [0.15, 0.2) is 0 Å². The van der Waals surface area contributed by atoms with Gasteiger partial charge in [0.1, 0.15) is 11.9 Å². The molecule has 2 aromatic rings. The van der Waals surface area contributed by atoms with E-state index in [1.54, 1.807) is 6.20 Å². The summed E-state index contributed by atoms with van der Waals surface area (Å²) in [4.78, 5) is 23.4. The van der Waals surface area contributed by atoms with Crippen LogP contribution in [0.15, 0.2) is 36.7 Å². The summed E-state index contributed by atoms with van der Waals surface area (Å²) in [6.07, 6.45) is 11.0. The molecule has 0 unspecified atom stereocenters. The first-order valence-electron chi connectivity index (χ1n) is 11.5. The molecule has 7 nitrogen and oxygen atoms in total. The van der Waals surface area contributed by atoms with E-state index in [0.29, 0.717) is 25.1 Å². The van der Waals surface area contributed by atoms with Crippen LogP contribution in [0.4, 0.5) is 10.6 Å². The Bertz CT molecular complexity index is 826. The Balaban J connectivity index is 1.17. The van der Waals surface area contributed by atoms with E-state index in [-0.39, 0.29) is 6.03 Å². The SMILES string of the molecule is CC1CCN(c2ccc(CNC(=O)NCc3ccc(OC4CCCC4)nc3)cn2)CC1. The predicted octanol–water partition coefficient (Wildman–Crippen LogP) is 4.03. The monoisotopic (exact) mass is 423 g/mol. The van der Waals surface area contributed by atoms with Gasteiger partial charge in [0, 0.05) is 44.6 Å². The number of piperidine rings is 1. The van der Waals surface area contributed by atoms with Crippen molar-refractivity contribution in [3.63, 3.8) is 0 Å². The Morgan fingerprint density at radius 2 is 1.61 bits per heavy atom. The van der Waals surface area contributed by atoms with Gasteiger partial charge in [0.25, 0.3) is 0 Å². The van der Waals surface area contributed by atoms with E-state index in [4.69, 9.17) is 4.74 Å². The molecule has 0 spiro atoms. The van der Waals surface area contributed by atoms with Gasteiger partial charge >= 0.3 is 6.03 Å². The molecule has 2 aromatic heterocycles. The molecule has 31 heavy (non-hydrogen) atoms. The van der Waals surface area contributed by atoms with E-state index < -0.39 is 0 Å². The van der Waals surface area contributed by atoms with Crippen LogP contribution < -0.4 is 20.3 Å². The van der Waals surface area contributed by atoms with Crippen LogP contribution in [0.2, 0.25) is 0 Å². The minimum absolute atomic E-state index is 0.208. The first kappa shape index (κ1) is 21.4. The fraction of sp³-hybridized carbons (Fsp3) is 0.542. The van der Waals surface area contributed by atoms with Crippen molar-refractivity contribution in [3.05, 3.63) is 47.8 Å². The number of nitrogens with one attached hydrogen (secondary N) is 2. The highest BCUT2D eigenvalue weighted by Crippen LogP contribution is 2.23. The molecular weight excluding hydrogens is 390 g/mol. The van der Waals surface area contributed by atoms with E-state index in [2.05, 4.69) is 32.4 Å². The molecule has 1 saturated heterocycles. The standard InChI is InChI=1S/C24H33N5O2/c1-18-10-12-29(13-11-18)22-8-6-19(14-25-22)16-27-24(30)28-17-20-7-9-23(26-15-20)31-21-4-2-3-5-21/h6-9,14-15,18,21H,2-5,10-13,16-17H2,1H3,(H2,27,28,30). The zero-order valence-electron chi connectivity index (χ0n) is 18.3. The number of hydrogen-bond acceptors (Lipinski definition) is 5. The number of carbonyl (C=O) groups is 1. The molecule has 2 aliphatic rings. The molecule has 2 fully saturated rings. The molecule has 4 rings (SSSR count). The maximum Gasteiger partial charge on any atom is 0.315 e. The van der Waals surface area contributed by atoms with Gasteiger partial charge in [-0.05, 0) is 61.6 Å². The van der Waals surface area contributed by atoms with Crippen LogP contribution in [0.5, 0.6) is 5.88 Å². The lowest BCUT2D eigenvalue weighted by Gasteiger charge is -2.31. The van der Waals surface area contributed by atoms with Crippen LogP contribution in [-0.4, -0.2) is 35.2 Å². The summed E-state index contributed by atoms with van der Waals surface area (Å²) in [5, 5.41) is 5.75. The summed E-state index contributed by atoms with van der Waals surface area (Å²) in [6.45, 7) is 5.31. The number of hydrogen-bond donors (Lipinski definition) is 2. The summed E-state index contributed by atoms with van der Waals surface area (Å²) >= 11 is 0. The topological polar surface area (TPSA) is 79.4 Å². The van der Waals surface area contributed by atoms with E-state index in [1.807, 2.05) is 30.5 Å². The number of aromatic nitrogens is 2. The van der Waals surface area contributed by atoms with Crippen molar-refractivity contribution in [2.75, 3.05) is 18.0 Å². The van der Waals surface area contributed by atoms with Gasteiger partial charge in [-0.25, -0.2) is 14.8 Å². The third kappa shape index (κ3) is 6.32. The van der Waals surface area contributed by atoms with Gasteiger partial charge in [-0.3, -0.25) is 0 Å². The number of anilines is 1. The zero-order chi connectivity index (χ0) is 21.5. The average Bonchev–Trinajstić information content (AvgIpc) is 3.31. The smallest absolute Gasteiger partial charge is 0.315 e. The molecule has 2 N–H and O–H groups in total. The summed E-state index contributed by atoms with van der Waals surface area (Å²) in [5.74, 6) is 2.49. The lowest BCUT2D eigenvalue weighted by Crippen LogP contribution is -2.35. The van der Waals surface area contributed by atoms with Crippen molar-refractivity contribution in [2.45, 2.75) is 64.6 Å². The Morgan fingerprint density at radius 1 is 0.968 bits per heavy atom. The molecule has 0 bridgehead atoms. The number of nitrogens with zero attached hydrogens (tertiary/aromatic N) is 3. The van der Waals surface area contributed by atoms with Crippen LogP contribution in [-0.2, 0) is 13.1 Å². The highest BCUT2D eigenvalue weighted by atomic mass is 16.5. The number of rotatable bonds is 7. The minimum Gasteiger partial charge on any atom is -0.474 e. The molecule has 1 aliphatic heterocycles. The first-order valence-corrected chi connectivity index (χ1v) is 11.5. The van der Waals surface area contributed by atoms with Gasteiger partial charge in [0.05, 0.1) is 0 Å². The summed E-state index contributed by atoms with van der Waals surface area (Å²) in [6, 6.07) is 7.70. The molecule has 166 valence electrons. The van der Waals surface area contributed by atoms with Gasteiger partial charge in [0.2, 0.25) is 5.88 Å². The summed E-state index contributed by atoms with van der Waals surface area (Å²) in [7, 11) is 0. The van der Waals surface area contributed by atoms with Crippen molar-refractivity contribution in [2.24, 2.45) is 5.92 Å². The molecular formula is C24H33N5O2. The van der Waals surface area contributed by atoms with Gasteiger partial charge < -0.3 is 20.3 Å². The lowest BCUT2D eigenvalue weighted by atomic mass is 9.99.